The minimum absolute atomic E-state index is 0.0118. The van der Waals surface area contributed by atoms with Gasteiger partial charge in [0, 0.05) is 39.3 Å². The standard InChI is InChI=1S/C22H44N4O7/c1-6-8-10-23-19(28)31-14-12-26(13-15-32-20(29)24-11-9-7-2)17-18(27)16-25-21(30)33-22(3,4)5/h18,27H,6-17H2,1-5H3,(H,23,28)(H,24,29)(H,25,30). The van der Waals surface area contributed by atoms with E-state index in [0.717, 1.165) is 25.7 Å². The van der Waals surface area contributed by atoms with Gasteiger partial charge < -0.3 is 35.3 Å². The lowest BCUT2D eigenvalue weighted by molar-refractivity contribution is 0.0440. The number of unbranched alkanes of at least 4 members (excludes halogenated alkanes) is 2. The third-order valence-corrected chi connectivity index (χ3v) is 4.23. The summed E-state index contributed by atoms with van der Waals surface area (Å²) in [6.45, 7) is 11.4. The number of amides is 3. The van der Waals surface area contributed by atoms with Crippen molar-refractivity contribution in [1.82, 2.24) is 20.9 Å². The molecule has 1 atom stereocenters. The third kappa shape index (κ3) is 20.1. The van der Waals surface area contributed by atoms with Gasteiger partial charge in [-0.05, 0) is 33.6 Å². The molecule has 0 rings (SSSR count). The van der Waals surface area contributed by atoms with E-state index in [1.54, 1.807) is 25.7 Å². The average Bonchev–Trinajstić information content (AvgIpc) is 2.71. The van der Waals surface area contributed by atoms with Crippen LogP contribution in [0, 0.1) is 0 Å². The minimum atomic E-state index is -0.894. The summed E-state index contributed by atoms with van der Waals surface area (Å²) < 4.78 is 15.5. The van der Waals surface area contributed by atoms with Gasteiger partial charge in [-0.15, -0.1) is 0 Å². The Morgan fingerprint density at radius 2 is 1.33 bits per heavy atom. The second kappa shape index (κ2) is 18.2. The monoisotopic (exact) mass is 476 g/mol. The van der Waals surface area contributed by atoms with Crippen molar-refractivity contribution in [2.24, 2.45) is 0 Å². The number of carbonyl (C=O) groups excluding carboxylic acids is 3. The number of nitrogens with zero attached hydrogens (tertiary/aromatic N) is 1. The Kier molecular flexibility index (Phi) is 16.9. The Hall–Kier alpha value is -2.27. The van der Waals surface area contributed by atoms with Crippen molar-refractivity contribution in [2.45, 2.75) is 72.0 Å². The van der Waals surface area contributed by atoms with Gasteiger partial charge in [0.25, 0.3) is 0 Å². The summed E-state index contributed by atoms with van der Waals surface area (Å²) in [7, 11) is 0. The summed E-state index contributed by atoms with van der Waals surface area (Å²) in [5.74, 6) is 0. The lowest BCUT2D eigenvalue weighted by Gasteiger charge is -2.25. The number of ether oxygens (including phenoxy) is 3. The number of carbonyl (C=O) groups is 3. The van der Waals surface area contributed by atoms with Gasteiger partial charge in [-0.1, -0.05) is 26.7 Å². The molecule has 0 heterocycles. The maximum atomic E-state index is 11.8. The first kappa shape index (κ1) is 30.7. The third-order valence-electron chi connectivity index (χ3n) is 4.23. The van der Waals surface area contributed by atoms with Crippen molar-refractivity contribution in [3.63, 3.8) is 0 Å². The molecule has 0 saturated carbocycles. The normalized spacial score (nSPS) is 12.1. The molecule has 0 aromatic heterocycles. The maximum absolute atomic E-state index is 11.8. The lowest BCUT2D eigenvalue weighted by Crippen LogP contribution is -2.44. The number of aliphatic hydroxyl groups excluding tert-OH is 1. The summed E-state index contributed by atoms with van der Waals surface area (Å²) in [5, 5.41) is 18.2. The molecule has 0 aliphatic rings. The highest BCUT2D eigenvalue weighted by atomic mass is 16.6. The van der Waals surface area contributed by atoms with Gasteiger partial charge in [0.05, 0.1) is 6.10 Å². The highest BCUT2D eigenvalue weighted by molar-refractivity contribution is 5.68. The fourth-order valence-electron chi connectivity index (χ4n) is 2.54. The first-order chi connectivity index (χ1) is 15.6. The first-order valence-electron chi connectivity index (χ1n) is 11.8. The van der Waals surface area contributed by atoms with Crippen LogP contribution in [-0.2, 0) is 14.2 Å². The van der Waals surface area contributed by atoms with Crippen LogP contribution in [0.4, 0.5) is 14.4 Å². The van der Waals surface area contributed by atoms with Crippen LogP contribution in [0.5, 0.6) is 0 Å². The van der Waals surface area contributed by atoms with E-state index in [2.05, 4.69) is 16.0 Å². The van der Waals surface area contributed by atoms with Gasteiger partial charge in [0.15, 0.2) is 0 Å². The van der Waals surface area contributed by atoms with Gasteiger partial charge in [-0.3, -0.25) is 4.90 Å². The fraction of sp³-hybridized carbons (Fsp3) is 0.864. The Morgan fingerprint density at radius 1 is 0.848 bits per heavy atom. The van der Waals surface area contributed by atoms with E-state index in [1.165, 1.54) is 0 Å². The van der Waals surface area contributed by atoms with Gasteiger partial charge in [-0.2, -0.15) is 0 Å². The molecule has 3 amide bonds. The molecule has 0 spiro atoms. The molecule has 0 aliphatic heterocycles. The number of nitrogens with one attached hydrogen (secondary N) is 3. The second-order valence-electron chi connectivity index (χ2n) is 8.67. The first-order valence-corrected chi connectivity index (χ1v) is 11.8. The molecule has 194 valence electrons. The average molecular weight is 477 g/mol. The predicted molar refractivity (Wildman–Crippen MR) is 125 cm³/mol. The number of hydrogen-bond donors (Lipinski definition) is 4. The van der Waals surface area contributed by atoms with Crippen LogP contribution >= 0.6 is 0 Å². The number of aliphatic hydroxyl groups is 1. The zero-order chi connectivity index (χ0) is 25.1. The van der Waals surface area contributed by atoms with Gasteiger partial charge >= 0.3 is 18.3 Å². The highest BCUT2D eigenvalue weighted by Gasteiger charge is 2.18. The van der Waals surface area contributed by atoms with Crippen LogP contribution in [0.3, 0.4) is 0 Å². The molecule has 0 aromatic carbocycles. The van der Waals surface area contributed by atoms with Crippen LogP contribution in [0.15, 0.2) is 0 Å². The van der Waals surface area contributed by atoms with E-state index in [9.17, 15) is 19.5 Å². The van der Waals surface area contributed by atoms with E-state index >= 15 is 0 Å². The Balaban J connectivity index is 4.51. The van der Waals surface area contributed by atoms with Crippen LogP contribution in [0.1, 0.15) is 60.3 Å². The smallest absolute Gasteiger partial charge is 0.407 e. The molecule has 0 bridgehead atoms. The summed E-state index contributed by atoms with van der Waals surface area (Å²) >= 11 is 0. The SMILES string of the molecule is CCCCNC(=O)OCCN(CCOC(=O)NCCCC)CC(O)CNC(=O)OC(C)(C)C. The molecular formula is C22H44N4O7. The number of hydrogen-bond acceptors (Lipinski definition) is 8. The van der Waals surface area contributed by atoms with Crippen molar-refractivity contribution in [1.29, 1.82) is 0 Å². The van der Waals surface area contributed by atoms with Crippen LogP contribution in [0.2, 0.25) is 0 Å². The largest absolute Gasteiger partial charge is 0.448 e. The van der Waals surface area contributed by atoms with E-state index < -0.39 is 30.0 Å². The van der Waals surface area contributed by atoms with E-state index in [-0.39, 0.29) is 26.3 Å². The van der Waals surface area contributed by atoms with Crippen molar-refractivity contribution in [2.75, 3.05) is 52.5 Å². The van der Waals surface area contributed by atoms with Crippen LogP contribution < -0.4 is 16.0 Å². The van der Waals surface area contributed by atoms with E-state index in [1.807, 2.05) is 13.8 Å². The molecule has 33 heavy (non-hydrogen) atoms. The molecule has 0 aliphatic carbocycles. The van der Waals surface area contributed by atoms with Crippen molar-refractivity contribution in [3.8, 4) is 0 Å². The summed E-state index contributed by atoms with van der Waals surface area (Å²) in [4.78, 5) is 37.0. The van der Waals surface area contributed by atoms with Crippen molar-refractivity contribution < 1.29 is 33.7 Å². The molecule has 4 N–H and O–H groups in total. The minimum Gasteiger partial charge on any atom is -0.448 e. The topological polar surface area (TPSA) is 138 Å². The molecule has 0 radical (unpaired) electrons. The van der Waals surface area contributed by atoms with Crippen molar-refractivity contribution >= 4 is 18.3 Å². The van der Waals surface area contributed by atoms with Crippen LogP contribution in [-0.4, -0.2) is 92.5 Å². The molecule has 11 heteroatoms. The van der Waals surface area contributed by atoms with E-state index in [0.29, 0.717) is 26.2 Å². The number of alkyl carbamates (subject to hydrolysis) is 3. The summed E-state index contributed by atoms with van der Waals surface area (Å²) in [6, 6.07) is 0. The van der Waals surface area contributed by atoms with Gasteiger partial charge in [-0.25, -0.2) is 14.4 Å². The van der Waals surface area contributed by atoms with Crippen molar-refractivity contribution in [3.05, 3.63) is 0 Å². The molecule has 0 saturated heterocycles. The highest BCUT2D eigenvalue weighted by Crippen LogP contribution is 2.06. The predicted octanol–water partition coefficient (Wildman–Crippen LogP) is 2.23. The van der Waals surface area contributed by atoms with Gasteiger partial charge in [0.2, 0.25) is 0 Å². The fourth-order valence-corrected chi connectivity index (χ4v) is 2.54. The summed E-state index contributed by atoms with van der Waals surface area (Å²) in [6.07, 6.45) is 1.17. The molecule has 0 fully saturated rings. The second-order valence-corrected chi connectivity index (χ2v) is 8.67. The van der Waals surface area contributed by atoms with E-state index in [4.69, 9.17) is 14.2 Å². The maximum Gasteiger partial charge on any atom is 0.407 e. The zero-order valence-electron chi connectivity index (χ0n) is 20.9. The zero-order valence-corrected chi connectivity index (χ0v) is 20.9. The molecular weight excluding hydrogens is 432 g/mol. The quantitative estimate of drug-likeness (QED) is 0.196. The Bertz CT molecular complexity index is 527. The lowest BCUT2D eigenvalue weighted by atomic mass is 10.2. The molecule has 1 unspecified atom stereocenters. The molecule has 0 aromatic rings. The molecule has 11 nitrogen and oxygen atoms in total. The summed E-state index contributed by atoms with van der Waals surface area (Å²) in [5.41, 5.74) is -0.634. The van der Waals surface area contributed by atoms with Crippen LogP contribution in [0.25, 0.3) is 0 Å². The Morgan fingerprint density at radius 3 is 1.76 bits per heavy atom. The Labute approximate surface area is 197 Å². The van der Waals surface area contributed by atoms with Gasteiger partial charge in [0.1, 0.15) is 18.8 Å². The number of rotatable bonds is 16.